The highest BCUT2D eigenvalue weighted by Gasteiger charge is 2.25. The van der Waals surface area contributed by atoms with Crippen LogP contribution in [0, 0.1) is 10.1 Å². The van der Waals surface area contributed by atoms with Crippen LogP contribution in [-0.2, 0) is 25.9 Å². The zero-order chi connectivity index (χ0) is 26.4. The molecule has 8 nitrogen and oxygen atoms in total. The van der Waals surface area contributed by atoms with Crippen LogP contribution in [0.25, 0.3) is 0 Å². The molecule has 36 heavy (non-hydrogen) atoms. The van der Waals surface area contributed by atoms with Crippen LogP contribution in [0.3, 0.4) is 0 Å². The van der Waals surface area contributed by atoms with Gasteiger partial charge in [-0.05, 0) is 80.0 Å². The monoisotopic (exact) mass is 498 g/mol. The number of fused-ring (bicyclic) bond motifs is 2. The fraction of sp³-hybridized carbons (Fsp3) is 0.571. The molecule has 0 bridgehead atoms. The molecule has 2 heterocycles. The smallest absolute Gasteiger partial charge is 0.311 e. The van der Waals surface area contributed by atoms with Crippen LogP contribution in [0.15, 0.2) is 24.3 Å². The van der Waals surface area contributed by atoms with E-state index in [9.17, 15) is 10.1 Å². The van der Waals surface area contributed by atoms with E-state index in [4.69, 9.17) is 15.2 Å². The van der Waals surface area contributed by atoms with Gasteiger partial charge in [0.1, 0.15) is 5.75 Å². The molecule has 2 N–H and O–H groups in total. The van der Waals surface area contributed by atoms with Crippen molar-refractivity contribution in [3.05, 3.63) is 56.6 Å². The molecule has 0 radical (unpaired) electrons. The average Bonchev–Trinajstić information content (AvgIpc) is 2.90. The summed E-state index contributed by atoms with van der Waals surface area (Å²) in [4.78, 5) is 15.6. The van der Waals surface area contributed by atoms with Gasteiger partial charge in [-0.1, -0.05) is 13.8 Å². The Hall–Kier alpha value is -2.84. The van der Waals surface area contributed by atoms with E-state index in [1.807, 2.05) is 6.07 Å². The molecule has 2 unspecified atom stereocenters. The first-order valence-corrected chi connectivity index (χ1v) is 13.0. The van der Waals surface area contributed by atoms with E-state index in [1.54, 1.807) is 13.2 Å². The Morgan fingerprint density at radius 1 is 0.861 bits per heavy atom. The lowest BCUT2D eigenvalue weighted by molar-refractivity contribution is -0.385. The van der Waals surface area contributed by atoms with Crippen molar-refractivity contribution in [2.24, 2.45) is 0 Å². The summed E-state index contributed by atoms with van der Waals surface area (Å²) in [5.74, 6) is 1.17. The fourth-order valence-electron chi connectivity index (χ4n) is 4.98. The number of hydrogen-bond acceptors (Lipinski definition) is 7. The predicted molar refractivity (Wildman–Crippen MR) is 145 cm³/mol. The molecular weight excluding hydrogens is 456 g/mol. The predicted octanol–water partition coefficient (Wildman–Crippen LogP) is 5.19. The lowest BCUT2D eigenvalue weighted by Gasteiger charge is -2.33. The molecule has 0 saturated carbocycles. The molecular formula is C28H42N4O4. The molecule has 2 aliphatic rings. The summed E-state index contributed by atoms with van der Waals surface area (Å²) < 4.78 is 10.4. The van der Waals surface area contributed by atoms with E-state index >= 15 is 0 Å². The minimum Gasteiger partial charge on any atom is -0.495 e. The van der Waals surface area contributed by atoms with Crippen molar-refractivity contribution >= 4 is 11.4 Å². The number of methoxy groups -OCH3 is 2. The van der Waals surface area contributed by atoms with Crippen LogP contribution in [-0.4, -0.2) is 54.1 Å². The first-order chi connectivity index (χ1) is 17.2. The summed E-state index contributed by atoms with van der Waals surface area (Å²) in [7, 11) is 3.15. The number of nitro groups is 1. The molecule has 8 heteroatoms. The summed E-state index contributed by atoms with van der Waals surface area (Å²) in [5.41, 5.74) is 11.7. The number of anilines is 1. The van der Waals surface area contributed by atoms with E-state index in [0.717, 1.165) is 62.4 Å². The number of nitro benzene ring substituents is 1. The molecule has 0 amide bonds. The van der Waals surface area contributed by atoms with Gasteiger partial charge in [0.25, 0.3) is 0 Å². The minimum atomic E-state index is -0.374. The highest BCUT2D eigenvalue weighted by Crippen LogP contribution is 2.34. The van der Waals surface area contributed by atoms with E-state index < -0.39 is 0 Å². The topological polar surface area (TPSA) is 94.1 Å². The summed E-state index contributed by atoms with van der Waals surface area (Å²) in [5, 5.41) is 11.0. The van der Waals surface area contributed by atoms with E-state index in [1.165, 1.54) is 30.2 Å². The fourth-order valence-corrected chi connectivity index (χ4v) is 4.98. The van der Waals surface area contributed by atoms with Gasteiger partial charge < -0.3 is 15.2 Å². The maximum absolute atomic E-state index is 11.0. The van der Waals surface area contributed by atoms with Crippen molar-refractivity contribution in [2.45, 2.75) is 78.6 Å². The van der Waals surface area contributed by atoms with Crippen molar-refractivity contribution in [3.63, 3.8) is 0 Å². The van der Waals surface area contributed by atoms with Crippen LogP contribution >= 0.6 is 0 Å². The Balaban J connectivity index is 0.000000202. The SMILES string of the molecule is CCC(C)N1CCc2cc(OC)c(N)cc2C1.CCC(C)N1CCc2cc(OC)c([N+](=O)[O-])cc2C1. The third-order valence-corrected chi connectivity index (χ3v) is 7.76. The van der Waals surface area contributed by atoms with E-state index in [2.05, 4.69) is 49.6 Å². The number of nitrogens with two attached hydrogens (primary N) is 1. The van der Waals surface area contributed by atoms with Crippen LogP contribution in [0.5, 0.6) is 11.5 Å². The number of nitrogen functional groups attached to an aromatic ring is 1. The molecule has 2 aromatic rings. The Labute approximate surface area is 215 Å². The quantitative estimate of drug-likeness (QED) is 0.319. The average molecular weight is 499 g/mol. The highest BCUT2D eigenvalue weighted by molar-refractivity contribution is 5.57. The molecule has 2 aromatic carbocycles. The molecule has 198 valence electrons. The molecule has 2 atom stereocenters. The lowest BCUT2D eigenvalue weighted by Crippen LogP contribution is -2.37. The third kappa shape index (κ3) is 6.28. The highest BCUT2D eigenvalue weighted by atomic mass is 16.6. The van der Waals surface area contributed by atoms with Gasteiger partial charge in [0, 0.05) is 44.3 Å². The summed E-state index contributed by atoms with van der Waals surface area (Å²) in [6, 6.07) is 8.81. The second-order valence-corrected chi connectivity index (χ2v) is 9.87. The van der Waals surface area contributed by atoms with Crippen LogP contribution in [0.1, 0.15) is 62.8 Å². The van der Waals surface area contributed by atoms with Gasteiger partial charge in [-0.25, -0.2) is 0 Å². The van der Waals surface area contributed by atoms with Gasteiger partial charge in [0.05, 0.1) is 24.8 Å². The summed E-state index contributed by atoms with van der Waals surface area (Å²) >= 11 is 0. The van der Waals surface area contributed by atoms with Crippen LogP contribution in [0.2, 0.25) is 0 Å². The van der Waals surface area contributed by atoms with Gasteiger partial charge in [0.2, 0.25) is 0 Å². The van der Waals surface area contributed by atoms with Crippen molar-refractivity contribution in [2.75, 3.05) is 33.0 Å². The van der Waals surface area contributed by atoms with Crippen molar-refractivity contribution in [1.29, 1.82) is 0 Å². The Kier molecular flexibility index (Phi) is 9.56. The van der Waals surface area contributed by atoms with Crippen molar-refractivity contribution < 1.29 is 14.4 Å². The number of nitrogens with zero attached hydrogens (tertiary/aromatic N) is 3. The van der Waals surface area contributed by atoms with E-state index in [0.29, 0.717) is 17.8 Å². The summed E-state index contributed by atoms with van der Waals surface area (Å²) in [6.45, 7) is 12.8. The second kappa shape index (κ2) is 12.4. The van der Waals surface area contributed by atoms with Gasteiger partial charge >= 0.3 is 5.69 Å². The zero-order valence-corrected chi connectivity index (χ0v) is 22.7. The maximum atomic E-state index is 11.0. The molecule has 0 spiro atoms. The largest absolute Gasteiger partial charge is 0.495 e. The van der Waals surface area contributed by atoms with Crippen molar-refractivity contribution in [1.82, 2.24) is 9.80 Å². The Bertz CT molecular complexity index is 1060. The summed E-state index contributed by atoms with van der Waals surface area (Å²) in [6.07, 6.45) is 4.30. The van der Waals surface area contributed by atoms with Gasteiger partial charge in [-0.15, -0.1) is 0 Å². The Morgan fingerprint density at radius 2 is 1.33 bits per heavy atom. The molecule has 0 aromatic heterocycles. The number of benzene rings is 2. The Morgan fingerprint density at radius 3 is 1.78 bits per heavy atom. The van der Waals surface area contributed by atoms with Gasteiger partial charge in [-0.3, -0.25) is 19.9 Å². The van der Waals surface area contributed by atoms with Crippen LogP contribution < -0.4 is 15.2 Å². The zero-order valence-electron chi connectivity index (χ0n) is 22.7. The van der Waals surface area contributed by atoms with E-state index in [-0.39, 0.29) is 10.6 Å². The molecule has 0 aliphatic carbocycles. The number of hydrogen-bond donors (Lipinski definition) is 1. The maximum Gasteiger partial charge on any atom is 0.311 e. The molecule has 0 saturated heterocycles. The minimum absolute atomic E-state index is 0.0623. The first-order valence-electron chi connectivity index (χ1n) is 13.0. The first kappa shape index (κ1) is 27.7. The number of ether oxygens (including phenoxy) is 2. The molecule has 2 aliphatic heterocycles. The third-order valence-electron chi connectivity index (χ3n) is 7.76. The molecule has 4 rings (SSSR count). The van der Waals surface area contributed by atoms with Crippen molar-refractivity contribution in [3.8, 4) is 11.5 Å². The lowest BCUT2D eigenvalue weighted by atomic mass is 9.97. The van der Waals surface area contributed by atoms with Gasteiger partial charge in [-0.2, -0.15) is 0 Å². The van der Waals surface area contributed by atoms with Gasteiger partial charge in [0.15, 0.2) is 5.75 Å². The van der Waals surface area contributed by atoms with Crippen LogP contribution in [0.4, 0.5) is 11.4 Å². The second-order valence-electron chi connectivity index (χ2n) is 9.87. The number of rotatable bonds is 7. The molecule has 0 fully saturated rings. The normalized spacial score (nSPS) is 17.2. The standard InChI is InChI=1S/C14H20N2O3.C14H22N2O/c1-4-10(2)15-6-5-11-8-14(19-3)13(16(17)18)7-12(11)9-15;1-4-10(2)16-6-5-11-8-14(17-3)13(15)7-12(11)9-16/h7-8,10H,4-6,9H2,1-3H3;7-8,10H,4-6,9,15H2,1-3H3.